The number of nitrogens with one attached hydrogen (secondary N) is 2. The van der Waals surface area contributed by atoms with Crippen LogP contribution in [-0.4, -0.2) is 37.2 Å². The van der Waals surface area contributed by atoms with Crippen LogP contribution in [0.2, 0.25) is 0 Å². The molecule has 2 atom stereocenters. The molecule has 2 unspecified atom stereocenters. The first-order chi connectivity index (χ1) is 7.38. The average Bonchev–Trinajstić information content (AvgIpc) is 2.66. The molecular formula is C12H24N2O2. The van der Waals surface area contributed by atoms with E-state index in [-0.39, 0.29) is 24.2 Å². The Labute approximate surface area is 98.1 Å². The van der Waals surface area contributed by atoms with Crippen molar-refractivity contribution in [3.63, 3.8) is 0 Å². The molecular weight excluding hydrogens is 204 g/mol. The fourth-order valence-electron chi connectivity index (χ4n) is 1.80. The van der Waals surface area contributed by atoms with E-state index in [2.05, 4.69) is 17.6 Å². The lowest BCUT2D eigenvalue weighted by molar-refractivity contribution is -0.131. The van der Waals surface area contributed by atoms with E-state index in [1.54, 1.807) is 0 Å². The van der Waals surface area contributed by atoms with Gasteiger partial charge in [0, 0.05) is 6.04 Å². The molecule has 0 bridgehead atoms. The standard InChI is InChI=1S/C12H24N2O2/c1-9(10-5-6-13-7-10)14-11(15)8-16-12(2,3)4/h9-10,13H,5-8H2,1-4H3,(H,14,15). The van der Waals surface area contributed by atoms with Crippen molar-refractivity contribution in [2.24, 2.45) is 5.92 Å². The van der Waals surface area contributed by atoms with Crippen LogP contribution < -0.4 is 10.6 Å². The van der Waals surface area contributed by atoms with Crippen LogP contribution in [0.3, 0.4) is 0 Å². The number of ether oxygens (including phenoxy) is 1. The number of carbonyl (C=O) groups is 1. The van der Waals surface area contributed by atoms with Gasteiger partial charge in [0.05, 0.1) is 5.60 Å². The maximum atomic E-state index is 11.6. The third kappa shape index (κ3) is 4.94. The molecule has 1 saturated heterocycles. The van der Waals surface area contributed by atoms with Gasteiger partial charge in [-0.05, 0) is 53.1 Å². The number of carbonyl (C=O) groups excluding carboxylic acids is 1. The average molecular weight is 228 g/mol. The molecule has 1 rings (SSSR count). The summed E-state index contributed by atoms with van der Waals surface area (Å²) < 4.78 is 5.43. The zero-order valence-electron chi connectivity index (χ0n) is 10.8. The lowest BCUT2D eigenvalue weighted by atomic mass is 10.0. The Bertz CT molecular complexity index is 230. The van der Waals surface area contributed by atoms with Crippen molar-refractivity contribution in [3.05, 3.63) is 0 Å². The highest BCUT2D eigenvalue weighted by Crippen LogP contribution is 2.12. The van der Waals surface area contributed by atoms with Crippen molar-refractivity contribution >= 4 is 5.91 Å². The van der Waals surface area contributed by atoms with E-state index in [4.69, 9.17) is 4.74 Å². The molecule has 2 N–H and O–H groups in total. The topological polar surface area (TPSA) is 50.4 Å². The summed E-state index contributed by atoms with van der Waals surface area (Å²) in [4.78, 5) is 11.6. The predicted octanol–water partition coefficient (Wildman–Crippen LogP) is 0.916. The zero-order chi connectivity index (χ0) is 12.2. The van der Waals surface area contributed by atoms with Gasteiger partial charge in [0.15, 0.2) is 0 Å². The SMILES string of the molecule is CC(NC(=O)COC(C)(C)C)C1CCNC1. The molecule has 16 heavy (non-hydrogen) atoms. The Morgan fingerprint density at radius 3 is 2.75 bits per heavy atom. The van der Waals surface area contributed by atoms with Crippen LogP contribution in [0.5, 0.6) is 0 Å². The Balaban J connectivity index is 2.22. The van der Waals surface area contributed by atoms with Crippen LogP contribution in [0, 0.1) is 5.92 Å². The van der Waals surface area contributed by atoms with Gasteiger partial charge in [-0.15, -0.1) is 0 Å². The second-order valence-corrected chi connectivity index (χ2v) is 5.51. The summed E-state index contributed by atoms with van der Waals surface area (Å²) in [7, 11) is 0. The summed E-state index contributed by atoms with van der Waals surface area (Å²) in [5.74, 6) is 0.535. The molecule has 0 saturated carbocycles. The third-order valence-corrected chi connectivity index (χ3v) is 2.83. The second kappa shape index (κ2) is 5.64. The minimum atomic E-state index is -0.254. The number of amides is 1. The van der Waals surface area contributed by atoms with Crippen molar-refractivity contribution in [2.75, 3.05) is 19.7 Å². The maximum Gasteiger partial charge on any atom is 0.246 e. The second-order valence-electron chi connectivity index (χ2n) is 5.51. The fourth-order valence-corrected chi connectivity index (χ4v) is 1.80. The maximum absolute atomic E-state index is 11.6. The van der Waals surface area contributed by atoms with Gasteiger partial charge in [-0.1, -0.05) is 0 Å². The largest absolute Gasteiger partial charge is 0.366 e. The summed E-state index contributed by atoms with van der Waals surface area (Å²) in [6, 6.07) is 0.228. The highest BCUT2D eigenvalue weighted by molar-refractivity contribution is 5.77. The molecule has 0 radical (unpaired) electrons. The molecule has 0 aromatic heterocycles. The quantitative estimate of drug-likeness (QED) is 0.752. The lowest BCUT2D eigenvalue weighted by Gasteiger charge is -2.22. The van der Waals surface area contributed by atoms with E-state index < -0.39 is 0 Å². The van der Waals surface area contributed by atoms with Crippen molar-refractivity contribution in [1.82, 2.24) is 10.6 Å². The smallest absolute Gasteiger partial charge is 0.246 e. The summed E-state index contributed by atoms with van der Waals surface area (Å²) >= 11 is 0. The minimum Gasteiger partial charge on any atom is -0.366 e. The summed E-state index contributed by atoms with van der Waals surface area (Å²) in [5.41, 5.74) is -0.254. The monoisotopic (exact) mass is 228 g/mol. The first kappa shape index (κ1) is 13.5. The molecule has 4 nitrogen and oxygen atoms in total. The van der Waals surface area contributed by atoms with E-state index in [0.29, 0.717) is 5.92 Å². The van der Waals surface area contributed by atoms with Crippen LogP contribution in [0.1, 0.15) is 34.1 Å². The van der Waals surface area contributed by atoms with E-state index in [0.717, 1.165) is 19.5 Å². The van der Waals surface area contributed by atoms with Crippen molar-refractivity contribution in [2.45, 2.75) is 45.8 Å². The third-order valence-electron chi connectivity index (χ3n) is 2.83. The van der Waals surface area contributed by atoms with Gasteiger partial charge in [0.2, 0.25) is 5.91 Å². The Hall–Kier alpha value is -0.610. The van der Waals surface area contributed by atoms with Gasteiger partial charge in [0.1, 0.15) is 6.61 Å². The Morgan fingerprint density at radius 2 is 2.25 bits per heavy atom. The predicted molar refractivity (Wildman–Crippen MR) is 64.3 cm³/mol. The lowest BCUT2D eigenvalue weighted by Crippen LogP contribution is -2.41. The first-order valence-electron chi connectivity index (χ1n) is 6.02. The van der Waals surface area contributed by atoms with Gasteiger partial charge in [0.25, 0.3) is 0 Å². The number of hydrogen-bond donors (Lipinski definition) is 2. The van der Waals surface area contributed by atoms with E-state index in [9.17, 15) is 4.79 Å². The summed E-state index contributed by atoms with van der Waals surface area (Å²) in [6.07, 6.45) is 1.14. The molecule has 1 fully saturated rings. The first-order valence-corrected chi connectivity index (χ1v) is 6.02. The van der Waals surface area contributed by atoms with Crippen LogP contribution >= 0.6 is 0 Å². The number of hydrogen-bond acceptors (Lipinski definition) is 3. The Kier molecular flexibility index (Phi) is 4.74. The fraction of sp³-hybridized carbons (Fsp3) is 0.917. The summed E-state index contributed by atoms with van der Waals surface area (Å²) in [5, 5.41) is 6.29. The van der Waals surface area contributed by atoms with E-state index >= 15 is 0 Å². The van der Waals surface area contributed by atoms with Gasteiger partial charge < -0.3 is 15.4 Å². The zero-order valence-corrected chi connectivity index (χ0v) is 10.8. The van der Waals surface area contributed by atoms with E-state index in [1.165, 1.54) is 0 Å². The van der Waals surface area contributed by atoms with Gasteiger partial charge in [-0.25, -0.2) is 0 Å². The van der Waals surface area contributed by atoms with Gasteiger partial charge >= 0.3 is 0 Å². The molecule has 0 aromatic rings. The molecule has 0 aliphatic carbocycles. The molecule has 0 spiro atoms. The Morgan fingerprint density at radius 1 is 1.56 bits per heavy atom. The normalized spacial score (nSPS) is 23.1. The molecule has 1 aliphatic heterocycles. The molecule has 94 valence electrons. The van der Waals surface area contributed by atoms with Crippen molar-refractivity contribution in [3.8, 4) is 0 Å². The van der Waals surface area contributed by atoms with Crippen LogP contribution in [0.4, 0.5) is 0 Å². The van der Waals surface area contributed by atoms with E-state index in [1.807, 2.05) is 20.8 Å². The number of rotatable bonds is 4. The minimum absolute atomic E-state index is 0.0191. The highest BCUT2D eigenvalue weighted by atomic mass is 16.5. The molecule has 0 aromatic carbocycles. The van der Waals surface area contributed by atoms with Crippen LogP contribution in [0.15, 0.2) is 0 Å². The summed E-state index contributed by atoms with van der Waals surface area (Å²) in [6.45, 7) is 10.1. The molecule has 4 heteroatoms. The van der Waals surface area contributed by atoms with Gasteiger partial charge in [-0.2, -0.15) is 0 Å². The van der Waals surface area contributed by atoms with Crippen molar-refractivity contribution < 1.29 is 9.53 Å². The molecule has 1 heterocycles. The van der Waals surface area contributed by atoms with Gasteiger partial charge in [-0.3, -0.25) is 4.79 Å². The molecule has 1 amide bonds. The molecule has 1 aliphatic rings. The van der Waals surface area contributed by atoms with Crippen LogP contribution in [-0.2, 0) is 9.53 Å². The van der Waals surface area contributed by atoms with Crippen LogP contribution in [0.25, 0.3) is 0 Å². The van der Waals surface area contributed by atoms with Crippen molar-refractivity contribution in [1.29, 1.82) is 0 Å². The highest BCUT2D eigenvalue weighted by Gasteiger charge is 2.23.